The molecule has 2 aliphatic carbocycles. The van der Waals surface area contributed by atoms with Gasteiger partial charge in [-0.3, -0.25) is 0 Å². The van der Waals surface area contributed by atoms with Crippen molar-refractivity contribution in [2.45, 2.75) is 57.7 Å². The van der Waals surface area contributed by atoms with Crippen LogP contribution >= 0.6 is 0 Å². The van der Waals surface area contributed by atoms with Gasteiger partial charge in [0, 0.05) is 24.0 Å². The van der Waals surface area contributed by atoms with Crippen LogP contribution in [0.4, 0.5) is 0 Å². The van der Waals surface area contributed by atoms with E-state index in [1.165, 1.54) is 25.7 Å². The van der Waals surface area contributed by atoms with Gasteiger partial charge in [0.25, 0.3) is 0 Å². The fourth-order valence-electron chi connectivity index (χ4n) is 3.38. The van der Waals surface area contributed by atoms with E-state index in [0.29, 0.717) is 30.1 Å². The summed E-state index contributed by atoms with van der Waals surface area (Å²) in [6, 6.07) is 0.916. The molecule has 96 valence electrons. The normalized spacial score (nSPS) is 40.4. The molecule has 4 heteroatoms. The van der Waals surface area contributed by atoms with Crippen molar-refractivity contribution in [3.8, 4) is 0 Å². The first-order valence-electron chi connectivity index (χ1n) is 6.80. The maximum atomic E-state index is 5.97. The Morgan fingerprint density at radius 2 is 2.12 bits per heavy atom. The first-order valence-corrected chi connectivity index (χ1v) is 6.80. The van der Waals surface area contributed by atoms with E-state index in [-0.39, 0.29) is 5.41 Å². The van der Waals surface area contributed by atoms with Crippen LogP contribution in [0.5, 0.6) is 0 Å². The molecule has 3 unspecified atom stereocenters. The molecule has 0 spiro atoms. The third-order valence-electron chi connectivity index (χ3n) is 4.48. The Balaban J connectivity index is 1.68. The van der Waals surface area contributed by atoms with Gasteiger partial charge < -0.3 is 15.8 Å². The van der Waals surface area contributed by atoms with Gasteiger partial charge in [-0.05, 0) is 25.7 Å². The lowest BCUT2D eigenvalue weighted by Crippen LogP contribution is -2.64. The van der Waals surface area contributed by atoms with Crippen LogP contribution in [0.3, 0.4) is 0 Å². The molecule has 0 aromatic rings. The van der Waals surface area contributed by atoms with Crippen LogP contribution in [0.1, 0.15) is 39.5 Å². The quantitative estimate of drug-likeness (QED) is 0.561. The van der Waals surface area contributed by atoms with E-state index in [2.05, 4.69) is 19.2 Å². The minimum Gasteiger partial charge on any atom is -0.377 e. The SMILES string of the molecule is CC1(C)C(N=C(N)NC2CC2)C2CCCOC21. The van der Waals surface area contributed by atoms with Gasteiger partial charge in [0.2, 0.25) is 0 Å². The standard InChI is InChI=1S/C13H23N3O/c1-13(2)10(9-4-3-7-17-11(9)13)16-12(14)15-8-5-6-8/h8-11H,3-7H2,1-2H3,(H3,14,15,16). The largest absolute Gasteiger partial charge is 0.377 e. The van der Waals surface area contributed by atoms with Gasteiger partial charge in [-0.1, -0.05) is 13.8 Å². The number of ether oxygens (including phenoxy) is 1. The maximum Gasteiger partial charge on any atom is 0.189 e. The van der Waals surface area contributed by atoms with Crippen LogP contribution in [-0.4, -0.2) is 30.8 Å². The molecule has 1 heterocycles. The lowest BCUT2D eigenvalue weighted by molar-refractivity contribution is -0.182. The minimum absolute atomic E-state index is 0.140. The Morgan fingerprint density at radius 3 is 2.82 bits per heavy atom. The summed E-state index contributed by atoms with van der Waals surface area (Å²) < 4.78 is 5.87. The van der Waals surface area contributed by atoms with Crippen molar-refractivity contribution in [1.29, 1.82) is 0 Å². The third-order valence-corrected chi connectivity index (χ3v) is 4.48. The number of guanidine groups is 1. The number of nitrogens with two attached hydrogens (primary N) is 1. The zero-order chi connectivity index (χ0) is 12.0. The molecule has 0 radical (unpaired) electrons. The van der Waals surface area contributed by atoms with E-state index in [9.17, 15) is 0 Å². The van der Waals surface area contributed by atoms with Gasteiger partial charge >= 0.3 is 0 Å². The molecule has 2 saturated carbocycles. The highest BCUT2D eigenvalue weighted by atomic mass is 16.5. The average molecular weight is 237 g/mol. The molecule has 3 fully saturated rings. The second kappa shape index (κ2) is 3.87. The van der Waals surface area contributed by atoms with Crippen LogP contribution in [0, 0.1) is 11.3 Å². The Labute approximate surface area is 103 Å². The van der Waals surface area contributed by atoms with Crippen molar-refractivity contribution < 1.29 is 4.74 Å². The monoisotopic (exact) mass is 237 g/mol. The number of hydrogen-bond acceptors (Lipinski definition) is 2. The molecular formula is C13H23N3O. The zero-order valence-corrected chi connectivity index (χ0v) is 10.8. The number of nitrogens with one attached hydrogen (secondary N) is 1. The van der Waals surface area contributed by atoms with E-state index >= 15 is 0 Å². The molecule has 3 N–H and O–H groups in total. The van der Waals surface area contributed by atoms with E-state index in [0.717, 1.165) is 6.61 Å². The van der Waals surface area contributed by atoms with Gasteiger partial charge in [0.1, 0.15) is 0 Å². The fourth-order valence-corrected chi connectivity index (χ4v) is 3.38. The molecule has 0 amide bonds. The van der Waals surface area contributed by atoms with Crippen molar-refractivity contribution in [2.75, 3.05) is 6.61 Å². The molecule has 0 aromatic carbocycles. The Bertz CT molecular complexity index is 336. The highest BCUT2D eigenvalue weighted by molar-refractivity contribution is 5.78. The molecule has 3 aliphatic rings. The molecular weight excluding hydrogens is 214 g/mol. The summed E-state index contributed by atoms with van der Waals surface area (Å²) in [5, 5.41) is 3.27. The predicted molar refractivity (Wildman–Crippen MR) is 67.8 cm³/mol. The molecule has 3 rings (SSSR count). The van der Waals surface area contributed by atoms with E-state index < -0.39 is 0 Å². The van der Waals surface area contributed by atoms with Crippen LogP contribution in [-0.2, 0) is 4.74 Å². The number of aliphatic imine (C=N–C) groups is 1. The Kier molecular flexibility index (Phi) is 2.58. The molecule has 0 aromatic heterocycles. The molecule has 1 aliphatic heterocycles. The van der Waals surface area contributed by atoms with Gasteiger partial charge in [-0.15, -0.1) is 0 Å². The lowest BCUT2D eigenvalue weighted by atomic mass is 9.55. The smallest absolute Gasteiger partial charge is 0.189 e. The second-order valence-electron chi connectivity index (χ2n) is 6.30. The molecule has 0 bridgehead atoms. The zero-order valence-electron chi connectivity index (χ0n) is 10.8. The van der Waals surface area contributed by atoms with Crippen molar-refractivity contribution in [2.24, 2.45) is 22.1 Å². The topological polar surface area (TPSA) is 59.6 Å². The summed E-state index contributed by atoms with van der Waals surface area (Å²) in [6.45, 7) is 5.41. The second-order valence-corrected chi connectivity index (χ2v) is 6.30. The highest BCUT2D eigenvalue weighted by Crippen LogP contribution is 2.52. The summed E-state index contributed by atoms with van der Waals surface area (Å²) in [4.78, 5) is 4.70. The van der Waals surface area contributed by atoms with Crippen molar-refractivity contribution >= 4 is 5.96 Å². The third kappa shape index (κ3) is 1.92. The maximum absolute atomic E-state index is 5.97. The number of fused-ring (bicyclic) bond motifs is 1. The number of hydrogen-bond donors (Lipinski definition) is 2. The summed E-state index contributed by atoms with van der Waals surface area (Å²) in [5.41, 5.74) is 6.11. The summed E-state index contributed by atoms with van der Waals surface area (Å²) in [5.74, 6) is 1.22. The van der Waals surface area contributed by atoms with Crippen molar-refractivity contribution in [1.82, 2.24) is 5.32 Å². The first kappa shape index (κ1) is 11.3. The lowest BCUT2D eigenvalue weighted by Gasteiger charge is -2.58. The average Bonchev–Trinajstić information content (AvgIpc) is 3.10. The Hall–Kier alpha value is -0.770. The Morgan fingerprint density at radius 1 is 1.35 bits per heavy atom. The van der Waals surface area contributed by atoms with Gasteiger partial charge in [0.15, 0.2) is 5.96 Å². The van der Waals surface area contributed by atoms with Gasteiger partial charge in [-0.2, -0.15) is 0 Å². The van der Waals surface area contributed by atoms with Crippen molar-refractivity contribution in [3.05, 3.63) is 0 Å². The number of nitrogens with zero attached hydrogens (tertiary/aromatic N) is 1. The predicted octanol–water partition coefficient (Wildman–Crippen LogP) is 1.26. The van der Waals surface area contributed by atoms with E-state index in [4.69, 9.17) is 15.5 Å². The van der Waals surface area contributed by atoms with Gasteiger partial charge in [-0.25, -0.2) is 4.99 Å². The van der Waals surface area contributed by atoms with E-state index in [1.807, 2.05) is 0 Å². The molecule has 4 nitrogen and oxygen atoms in total. The number of rotatable bonds is 2. The molecule has 1 saturated heterocycles. The van der Waals surface area contributed by atoms with Crippen molar-refractivity contribution in [3.63, 3.8) is 0 Å². The van der Waals surface area contributed by atoms with Crippen LogP contribution in [0.15, 0.2) is 4.99 Å². The molecule has 17 heavy (non-hydrogen) atoms. The fraction of sp³-hybridized carbons (Fsp3) is 0.923. The summed E-state index contributed by atoms with van der Waals surface area (Å²) in [6.07, 6.45) is 5.26. The molecule has 3 atom stereocenters. The summed E-state index contributed by atoms with van der Waals surface area (Å²) >= 11 is 0. The van der Waals surface area contributed by atoms with Gasteiger partial charge in [0.05, 0.1) is 12.1 Å². The minimum atomic E-state index is 0.140. The first-order chi connectivity index (χ1) is 8.09. The summed E-state index contributed by atoms with van der Waals surface area (Å²) in [7, 11) is 0. The highest BCUT2D eigenvalue weighted by Gasteiger charge is 2.58. The van der Waals surface area contributed by atoms with Crippen LogP contribution in [0.25, 0.3) is 0 Å². The van der Waals surface area contributed by atoms with Crippen LogP contribution < -0.4 is 11.1 Å². The van der Waals surface area contributed by atoms with E-state index in [1.54, 1.807) is 0 Å². The van der Waals surface area contributed by atoms with Crippen LogP contribution in [0.2, 0.25) is 0 Å².